The van der Waals surface area contributed by atoms with Crippen LogP contribution in [0.3, 0.4) is 0 Å². The number of para-hydroxylation sites is 1. The lowest BCUT2D eigenvalue weighted by molar-refractivity contribution is -0.140. The largest absolute Gasteiger partial charge is 0.507 e. The van der Waals surface area contributed by atoms with Gasteiger partial charge in [0.1, 0.15) is 11.5 Å². The average Bonchev–Trinajstić information content (AvgIpc) is 3.09. The number of aromatic nitrogens is 1. The van der Waals surface area contributed by atoms with Crippen LogP contribution in [0.1, 0.15) is 23.6 Å². The van der Waals surface area contributed by atoms with Gasteiger partial charge in [-0.3, -0.25) is 19.5 Å². The first-order chi connectivity index (χ1) is 15.6. The summed E-state index contributed by atoms with van der Waals surface area (Å²) in [6.45, 7) is 4.32. The number of aliphatic hydroxyl groups excluding tert-OH is 1. The molecule has 4 rings (SSSR count). The predicted octanol–water partition coefficient (Wildman–Crippen LogP) is 2.23. The molecule has 0 bridgehead atoms. The summed E-state index contributed by atoms with van der Waals surface area (Å²) < 4.78 is 10.9. The topological polar surface area (TPSA) is 92.2 Å². The number of carbonyl (C=O) groups is 2. The lowest BCUT2D eigenvalue weighted by Crippen LogP contribution is -2.39. The molecule has 2 aromatic rings. The Labute approximate surface area is 187 Å². The molecule has 168 valence electrons. The van der Waals surface area contributed by atoms with E-state index in [0.29, 0.717) is 43.1 Å². The zero-order chi connectivity index (χ0) is 22.5. The first kappa shape index (κ1) is 22.0. The Balaban J connectivity index is 1.69. The van der Waals surface area contributed by atoms with Crippen molar-refractivity contribution in [3.63, 3.8) is 0 Å². The van der Waals surface area contributed by atoms with Crippen molar-refractivity contribution >= 4 is 17.4 Å². The molecule has 1 N–H and O–H groups in total. The van der Waals surface area contributed by atoms with E-state index in [1.807, 2.05) is 18.2 Å². The van der Waals surface area contributed by atoms with Crippen LogP contribution in [0.15, 0.2) is 54.4 Å². The highest BCUT2D eigenvalue weighted by Crippen LogP contribution is 2.42. The van der Waals surface area contributed by atoms with Crippen LogP contribution in [-0.2, 0) is 14.3 Å². The van der Waals surface area contributed by atoms with E-state index in [1.54, 1.807) is 30.2 Å². The standard InChI is InChI=1S/C24H27N3O5/c1-31-19-6-3-2-5-18(19)21-20(22(28)17-7-9-25-10-8-17)23(29)24(30)27(21)12-4-11-26-13-15-32-16-14-26/h2-3,5-10,21,28H,4,11-16H2,1H3/b22-20+/t21-/m1/s1. The molecule has 1 aromatic heterocycles. The number of methoxy groups -OCH3 is 1. The van der Waals surface area contributed by atoms with Crippen LogP contribution in [0.5, 0.6) is 5.75 Å². The fraction of sp³-hybridized carbons (Fsp3) is 0.375. The Morgan fingerprint density at radius 2 is 1.84 bits per heavy atom. The summed E-state index contributed by atoms with van der Waals surface area (Å²) in [5.74, 6) is -0.962. The van der Waals surface area contributed by atoms with Crippen molar-refractivity contribution in [3.05, 3.63) is 65.5 Å². The van der Waals surface area contributed by atoms with Crippen molar-refractivity contribution in [1.82, 2.24) is 14.8 Å². The van der Waals surface area contributed by atoms with Gasteiger partial charge >= 0.3 is 0 Å². The molecule has 0 radical (unpaired) electrons. The first-order valence-electron chi connectivity index (χ1n) is 10.7. The predicted molar refractivity (Wildman–Crippen MR) is 118 cm³/mol. The molecule has 8 heteroatoms. The number of Topliss-reactive ketones (excluding diaryl/α,β-unsaturated/α-hetero) is 1. The zero-order valence-corrected chi connectivity index (χ0v) is 18.1. The van der Waals surface area contributed by atoms with Crippen molar-refractivity contribution in [1.29, 1.82) is 0 Å². The Morgan fingerprint density at radius 1 is 1.12 bits per heavy atom. The van der Waals surface area contributed by atoms with Gasteiger partial charge in [-0.15, -0.1) is 0 Å². The molecule has 2 fully saturated rings. The lowest BCUT2D eigenvalue weighted by atomic mass is 9.95. The number of hydrogen-bond donors (Lipinski definition) is 1. The van der Waals surface area contributed by atoms with Crippen LogP contribution in [0, 0.1) is 0 Å². The number of ketones is 1. The summed E-state index contributed by atoms with van der Waals surface area (Å²) in [6, 6.07) is 9.76. The summed E-state index contributed by atoms with van der Waals surface area (Å²) in [5, 5.41) is 11.0. The Morgan fingerprint density at radius 3 is 2.56 bits per heavy atom. The molecule has 8 nitrogen and oxygen atoms in total. The van der Waals surface area contributed by atoms with Gasteiger partial charge in [-0.1, -0.05) is 18.2 Å². The molecule has 1 atom stereocenters. The number of pyridine rings is 1. The van der Waals surface area contributed by atoms with E-state index in [0.717, 1.165) is 19.6 Å². The molecule has 2 saturated heterocycles. The van der Waals surface area contributed by atoms with Gasteiger partial charge in [-0.2, -0.15) is 0 Å². The minimum atomic E-state index is -0.732. The number of likely N-dealkylation sites (tertiary alicyclic amines) is 1. The van der Waals surface area contributed by atoms with Crippen LogP contribution in [0.4, 0.5) is 0 Å². The third-order valence-corrected chi connectivity index (χ3v) is 5.90. The summed E-state index contributed by atoms with van der Waals surface area (Å²) in [4.78, 5) is 33.9. The molecule has 0 spiro atoms. The number of carbonyl (C=O) groups excluding carboxylic acids is 2. The smallest absolute Gasteiger partial charge is 0.295 e. The second-order valence-electron chi connectivity index (χ2n) is 7.78. The molecule has 0 aliphatic carbocycles. The van der Waals surface area contributed by atoms with Crippen LogP contribution < -0.4 is 4.74 Å². The number of aliphatic hydroxyl groups is 1. The summed E-state index contributed by atoms with van der Waals surface area (Å²) in [5.41, 5.74) is 1.17. The molecule has 0 saturated carbocycles. The van der Waals surface area contributed by atoms with Crippen molar-refractivity contribution in [3.8, 4) is 5.75 Å². The van der Waals surface area contributed by atoms with E-state index in [4.69, 9.17) is 9.47 Å². The van der Waals surface area contributed by atoms with Gasteiger partial charge in [-0.05, 0) is 24.6 Å². The van der Waals surface area contributed by atoms with E-state index in [1.165, 1.54) is 12.4 Å². The third-order valence-electron chi connectivity index (χ3n) is 5.90. The summed E-state index contributed by atoms with van der Waals surface area (Å²) in [7, 11) is 1.55. The van der Waals surface area contributed by atoms with Crippen LogP contribution in [0.25, 0.3) is 5.76 Å². The SMILES string of the molecule is COc1ccccc1[C@@H]1/C(=C(\O)c2ccncc2)C(=O)C(=O)N1CCCN1CCOCC1. The highest BCUT2D eigenvalue weighted by molar-refractivity contribution is 6.46. The van der Waals surface area contributed by atoms with Gasteiger partial charge < -0.3 is 19.5 Å². The maximum Gasteiger partial charge on any atom is 0.295 e. The number of hydrogen-bond acceptors (Lipinski definition) is 7. The van der Waals surface area contributed by atoms with E-state index < -0.39 is 17.7 Å². The maximum absolute atomic E-state index is 13.1. The summed E-state index contributed by atoms with van der Waals surface area (Å²) in [6.07, 6.45) is 3.77. The quantitative estimate of drug-likeness (QED) is 0.403. The van der Waals surface area contributed by atoms with E-state index in [9.17, 15) is 14.7 Å². The number of nitrogens with zero attached hydrogens (tertiary/aromatic N) is 3. The van der Waals surface area contributed by atoms with E-state index in [2.05, 4.69) is 9.88 Å². The molecule has 2 aliphatic heterocycles. The molecule has 1 amide bonds. The normalized spacial score (nSPS) is 21.2. The van der Waals surface area contributed by atoms with Crippen molar-refractivity contribution in [2.24, 2.45) is 0 Å². The maximum atomic E-state index is 13.1. The van der Waals surface area contributed by atoms with Crippen molar-refractivity contribution in [2.75, 3.05) is 46.5 Å². The van der Waals surface area contributed by atoms with Gasteiger partial charge in [0, 0.05) is 49.7 Å². The van der Waals surface area contributed by atoms with Crippen molar-refractivity contribution < 1.29 is 24.2 Å². The highest BCUT2D eigenvalue weighted by Gasteiger charge is 2.46. The molecule has 2 aliphatic rings. The lowest BCUT2D eigenvalue weighted by Gasteiger charge is -2.29. The average molecular weight is 437 g/mol. The highest BCUT2D eigenvalue weighted by atomic mass is 16.5. The summed E-state index contributed by atoms with van der Waals surface area (Å²) >= 11 is 0. The fourth-order valence-corrected chi connectivity index (χ4v) is 4.28. The Kier molecular flexibility index (Phi) is 6.82. The molecule has 1 aromatic carbocycles. The van der Waals surface area contributed by atoms with Crippen LogP contribution in [-0.4, -0.2) is 78.1 Å². The number of ether oxygens (including phenoxy) is 2. The van der Waals surface area contributed by atoms with Gasteiger partial charge in [-0.25, -0.2) is 0 Å². The van der Waals surface area contributed by atoms with Gasteiger partial charge in [0.25, 0.3) is 11.7 Å². The second-order valence-corrected chi connectivity index (χ2v) is 7.78. The molecular weight excluding hydrogens is 410 g/mol. The van der Waals surface area contributed by atoms with E-state index in [-0.39, 0.29) is 11.3 Å². The minimum Gasteiger partial charge on any atom is -0.507 e. The number of morpholine rings is 1. The van der Waals surface area contributed by atoms with Crippen LogP contribution >= 0.6 is 0 Å². The van der Waals surface area contributed by atoms with Gasteiger partial charge in [0.05, 0.1) is 31.9 Å². The second kappa shape index (κ2) is 9.93. The number of rotatable bonds is 7. The molecule has 3 heterocycles. The van der Waals surface area contributed by atoms with Gasteiger partial charge in [0.15, 0.2) is 0 Å². The van der Waals surface area contributed by atoms with E-state index >= 15 is 0 Å². The molecule has 32 heavy (non-hydrogen) atoms. The number of benzene rings is 1. The molecular formula is C24H27N3O5. The third kappa shape index (κ3) is 4.37. The molecule has 0 unspecified atom stereocenters. The van der Waals surface area contributed by atoms with Gasteiger partial charge in [0.2, 0.25) is 0 Å². The monoisotopic (exact) mass is 437 g/mol. The first-order valence-corrected chi connectivity index (χ1v) is 10.7. The number of amides is 1. The Bertz CT molecular complexity index is 1000. The fourth-order valence-electron chi connectivity index (χ4n) is 4.28. The zero-order valence-electron chi connectivity index (χ0n) is 18.1. The van der Waals surface area contributed by atoms with Crippen molar-refractivity contribution in [2.45, 2.75) is 12.5 Å². The van der Waals surface area contributed by atoms with Crippen LogP contribution in [0.2, 0.25) is 0 Å². The Hall–Kier alpha value is -3.23. The minimum absolute atomic E-state index is 0.0667.